The number of unbranched alkanes of at least 4 members (excludes halogenated alkanes) is 3. The van der Waals surface area contributed by atoms with E-state index in [4.69, 9.17) is 47.4 Å². The predicted octanol–water partition coefficient (Wildman–Crippen LogP) is 11.8. The monoisotopic (exact) mass is 1560 g/mol. The highest BCUT2D eigenvalue weighted by Gasteiger charge is 2.33. The molecule has 5 saturated heterocycles. The van der Waals surface area contributed by atoms with Gasteiger partial charge in [-0.15, -0.1) is 58.8 Å². The van der Waals surface area contributed by atoms with Crippen molar-refractivity contribution in [2.45, 2.75) is 231 Å². The summed E-state index contributed by atoms with van der Waals surface area (Å²) in [4.78, 5) is 80.6. The van der Waals surface area contributed by atoms with Gasteiger partial charge in [-0.25, -0.2) is 24.0 Å². The minimum absolute atomic E-state index is 0.00373. The van der Waals surface area contributed by atoms with Crippen molar-refractivity contribution in [2.75, 3.05) is 112 Å². The molecule has 0 amide bonds. The predicted molar refractivity (Wildman–Crippen MR) is 423 cm³/mol. The van der Waals surface area contributed by atoms with E-state index >= 15 is 0 Å². The molecule has 590 valence electrons. The second-order valence-corrected chi connectivity index (χ2v) is 32.6. The Morgan fingerprint density at radius 3 is 1.15 bits per heavy atom. The number of ether oxygens (including phenoxy) is 10. The highest BCUT2D eigenvalue weighted by Crippen LogP contribution is 2.35. The van der Waals surface area contributed by atoms with Crippen molar-refractivity contribution in [3.63, 3.8) is 0 Å². The van der Waals surface area contributed by atoms with Crippen LogP contribution in [0.2, 0.25) is 0 Å². The Morgan fingerprint density at radius 1 is 0.429 bits per heavy atom. The first-order chi connectivity index (χ1) is 50.7. The van der Waals surface area contributed by atoms with Crippen LogP contribution in [0.1, 0.15) is 196 Å². The molecule has 105 heavy (non-hydrogen) atoms. The minimum Gasteiger partial charge on any atom is -0.378 e. The maximum atomic E-state index is 12.1. The van der Waals surface area contributed by atoms with Crippen molar-refractivity contribution in [3.05, 3.63) is 131 Å². The molecule has 0 aliphatic carbocycles. The number of hydrogen-bond acceptors (Lipinski definition) is 27. The summed E-state index contributed by atoms with van der Waals surface area (Å²) < 4.78 is 64.7. The first-order valence-electron chi connectivity index (χ1n) is 37.4. The lowest BCUT2D eigenvalue weighted by Gasteiger charge is -2.21. The molecule has 5 aliphatic rings. The normalized spacial score (nSPS) is 22.0. The van der Waals surface area contributed by atoms with Crippen molar-refractivity contribution < 1.29 is 47.4 Å². The lowest BCUT2D eigenvalue weighted by molar-refractivity contribution is -0.0286. The highest BCUT2D eigenvalue weighted by atomic mass is 32.2. The molecule has 10 atom stereocenters. The third-order valence-electron chi connectivity index (χ3n) is 15.8. The van der Waals surface area contributed by atoms with Gasteiger partial charge in [0, 0.05) is 122 Å². The van der Waals surface area contributed by atoms with Gasteiger partial charge in [-0.05, 0) is 109 Å². The summed E-state index contributed by atoms with van der Waals surface area (Å²) in [6.45, 7) is 34.2. The molecule has 27 nitrogen and oxygen atoms in total. The van der Waals surface area contributed by atoms with E-state index in [1.165, 1.54) is 17.4 Å². The standard InChI is InChI=1S/3C15H24N2O3S.2C14H23N3O3S/c1-4-5-12-6-7-17(15(18)16-12)13-10-21-14(20-13)9-19-8-11(2)3;1-3-5-6-9-19-10-14-20-13(11-21-14)17-8-7-12(4-2)16-15(17)18;1-3-5-9-19-10-14-20-13(11-21-14)17-8-7-12(6-4-2)16-15(17)18;1-5-19-8-12-20-11(9-21-12)17-7-6-10(15-13(17)18)16-14(2,3)4;1-3-6-15-11-5-7-17(14(18)16-11)12-10-21-13(20-12)9-19-8-4-2/h6-7,11,13-14H,4-5,8-10H2,1-3H3;2*7-8,13-14H,3-6,9-11H2,1-2H3;6-7,11-12H,5,8-9H2,1-4H3,(H,15,16,18);5,7,12-13H,3-4,6,8-10H2,1-2H3,(H,15,16,18)/t3*13-,14+;11-,12+;12-,13+/m11111/s1. The van der Waals surface area contributed by atoms with Crippen LogP contribution in [0, 0.1) is 5.92 Å². The van der Waals surface area contributed by atoms with Crippen molar-refractivity contribution in [2.24, 2.45) is 5.92 Å². The van der Waals surface area contributed by atoms with Crippen LogP contribution in [0.5, 0.6) is 0 Å². The summed E-state index contributed by atoms with van der Waals surface area (Å²) in [7, 11) is 0. The maximum absolute atomic E-state index is 12.1. The van der Waals surface area contributed by atoms with Gasteiger partial charge >= 0.3 is 28.4 Å². The smallest absolute Gasteiger partial charge is 0.351 e. The third kappa shape index (κ3) is 32.4. The number of aromatic nitrogens is 10. The molecule has 5 aromatic heterocycles. The van der Waals surface area contributed by atoms with Gasteiger partial charge in [0.2, 0.25) is 0 Å². The Hall–Kier alpha value is -4.65. The molecule has 0 radical (unpaired) electrons. The number of anilines is 2. The van der Waals surface area contributed by atoms with Crippen LogP contribution in [0.4, 0.5) is 11.6 Å². The van der Waals surface area contributed by atoms with E-state index in [0.717, 1.165) is 143 Å². The number of hydrogen-bond donors (Lipinski definition) is 2. The average Bonchev–Trinajstić information content (AvgIpc) is 1.80. The lowest BCUT2D eigenvalue weighted by Crippen LogP contribution is -2.32. The van der Waals surface area contributed by atoms with Gasteiger partial charge in [0.25, 0.3) is 0 Å². The van der Waals surface area contributed by atoms with E-state index in [2.05, 4.69) is 90.9 Å². The third-order valence-corrected chi connectivity index (χ3v) is 21.3. The van der Waals surface area contributed by atoms with E-state index in [1.54, 1.807) is 114 Å². The fourth-order valence-corrected chi connectivity index (χ4v) is 15.5. The molecule has 5 aromatic rings. The number of nitrogens with zero attached hydrogens (tertiary/aromatic N) is 10. The first kappa shape index (κ1) is 89.2. The van der Waals surface area contributed by atoms with Crippen molar-refractivity contribution in [1.29, 1.82) is 0 Å². The first-order valence-corrected chi connectivity index (χ1v) is 42.6. The van der Waals surface area contributed by atoms with Crippen LogP contribution in [0.15, 0.2) is 85.3 Å². The fraction of sp³-hybridized carbons (Fsp3) is 0.726. The van der Waals surface area contributed by atoms with Crippen molar-refractivity contribution in [1.82, 2.24) is 47.8 Å². The Kier molecular flexibility index (Phi) is 42.1. The van der Waals surface area contributed by atoms with E-state index in [-0.39, 0.29) is 92.3 Å². The molecule has 10 rings (SSSR count). The van der Waals surface area contributed by atoms with Crippen LogP contribution < -0.4 is 39.1 Å². The topological polar surface area (TPSA) is 291 Å². The van der Waals surface area contributed by atoms with Gasteiger partial charge in [-0.2, -0.15) is 24.9 Å². The van der Waals surface area contributed by atoms with Gasteiger partial charge in [0.05, 0.1) is 33.0 Å². The summed E-state index contributed by atoms with van der Waals surface area (Å²) in [6.07, 6.45) is 19.7. The molecular formula is C73H118N12O15S5. The number of thioether (sulfide) groups is 5. The summed E-state index contributed by atoms with van der Waals surface area (Å²) in [5, 5.41) is 6.29. The second kappa shape index (κ2) is 49.5. The number of rotatable bonds is 36. The molecule has 2 N–H and O–H groups in total. The summed E-state index contributed by atoms with van der Waals surface area (Å²) in [5.74, 6) is 5.46. The van der Waals surface area contributed by atoms with Crippen LogP contribution in [-0.4, -0.2) is 182 Å². The Morgan fingerprint density at radius 2 is 0.790 bits per heavy atom. The average molecular weight is 1560 g/mol. The van der Waals surface area contributed by atoms with Gasteiger partial charge in [0.1, 0.15) is 70.0 Å². The number of nitrogens with one attached hydrogen (secondary N) is 2. The highest BCUT2D eigenvalue weighted by molar-refractivity contribution is 8.00. The summed E-state index contributed by atoms with van der Waals surface area (Å²) in [6, 6.07) is 9.30. The molecule has 5 fully saturated rings. The van der Waals surface area contributed by atoms with Crippen LogP contribution in [0.25, 0.3) is 0 Å². The summed E-state index contributed by atoms with van der Waals surface area (Å²) >= 11 is 8.40. The second-order valence-electron chi connectivity index (χ2n) is 26.6. The fourth-order valence-electron chi connectivity index (χ4n) is 10.4. The molecule has 5 aliphatic heterocycles. The molecule has 0 aromatic carbocycles. The van der Waals surface area contributed by atoms with Crippen LogP contribution in [-0.2, 0) is 66.6 Å². The van der Waals surface area contributed by atoms with E-state index in [1.807, 2.05) is 58.9 Å². The molecule has 10 heterocycles. The van der Waals surface area contributed by atoms with Crippen LogP contribution in [0.3, 0.4) is 0 Å². The van der Waals surface area contributed by atoms with E-state index in [0.29, 0.717) is 57.2 Å². The van der Waals surface area contributed by atoms with Gasteiger partial charge < -0.3 is 58.0 Å². The van der Waals surface area contributed by atoms with Crippen LogP contribution >= 0.6 is 58.8 Å². The molecule has 0 bridgehead atoms. The number of aryl methyl sites for hydroxylation is 3. The lowest BCUT2D eigenvalue weighted by atomic mass is 10.1. The molecule has 0 spiro atoms. The molecule has 0 unspecified atom stereocenters. The van der Waals surface area contributed by atoms with Crippen molar-refractivity contribution in [3.8, 4) is 0 Å². The van der Waals surface area contributed by atoms with Gasteiger partial charge in [-0.1, -0.05) is 94.4 Å². The maximum Gasteiger partial charge on any atom is 0.351 e. The Bertz CT molecular complexity index is 3570. The largest absolute Gasteiger partial charge is 0.378 e. The SMILES string of the molecule is CCCCCOC[C@H]1O[C@@H](n2ccc(CC)nc2=O)CS1.CCCCOC[C@H]1O[C@@H](n2ccc(CCC)nc2=O)CS1.CCCNc1ccn([C@H]2CS[C@@H](COCCC)O2)c(=O)n1.CCCc1ccn([C@H]2CS[C@@H](COCC(C)C)O2)c(=O)n1.CCOC[C@H]1O[C@@H](n2ccc(NC(C)(C)C)nc2=O)CS1. The minimum atomic E-state index is -0.299. The quantitative estimate of drug-likeness (QED) is 0.0352. The van der Waals surface area contributed by atoms with Gasteiger partial charge in [-0.3, -0.25) is 22.8 Å². The van der Waals surface area contributed by atoms with Gasteiger partial charge in [0.15, 0.2) is 0 Å². The van der Waals surface area contributed by atoms with Crippen molar-refractivity contribution >= 4 is 70.4 Å². The molecular weight excluding hydrogens is 1450 g/mol. The summed E-state index contributed by atoms with van der Waals surface area (Å²) in [5.41, 5.74) is 1.11. The zero-order chi connectivity index (χ0) is 75.9. The molecule has 32 heteroatoms. The zero-order valence-corrected chi connectivity index (χ0v) is 68.1. The Balaban J connectivity index is 0.000000206. The molecule has 0 saturated carbocycles. The zero-order valence-electron chi connectivity index (χ0n) is 64.1. The Labute approximate surface area is 641 Å². The van der Waals surface area contributed by atoms with E-state index < -0.39 is 0 Å². The van der Waals surface area contributed by atoms with E-state index in [9.17, 15) is 24.0 Å².